The molecule has 1 heteroatoms. The van der Waals surface area contributed by atoms with Gasteiger partial charge in [0.05, 0.1) is 5.69 Å². The summed E-state index contributed by atoms with van der Waals surface area (Å²) in [6.45, 7) is 6.92. The van der Waals surface area contributed by atoms with Gasteiger partial charge in [-0.05, 0) is 153 Å². The Hall–Kier alpha value is -5.40. The van der Waals surface area contributed by atoms with Gasteiger partial charge >= 0.3 is 0 Å². The quantitative estimate of drug-likeness (QED) is 0.172. The van der Waals surface area contributed by atoms with Crippen LogP contribution >= 0.6 is 0 Å². The molecule has 0 atom stereocenters. The van der Waals surface area contributed by atoms with Gasteiger partial charge in [0.25, 0.3) is 0 Å². The second-order valence-corrected chi connectivity index (χ2v) is 18.2. The smallest absolute Gasteiger partial charge is 0.0543 e. The average Bonchev–Trinajstić information content (AvgIpc) is 3.51. The molecule has 4 fully saturated rings. The molecule has 55 heavy (non-hydrogen) atoms. The molecule has 0 aliphatic heterocycles. The van der Waals surface area contributed by atoms with E-state index in [1.807, 2.05) is 0 Å². The first-order chi connectivity index (χ1) is 26.9. The highest BCUT2D eigenvalue weighted by Crippen LogP contribution is 2.70. The van der Waals surface area contributed by atoms with E-state index in [0.717, 1.165) is 11.8 Å². The van der Waals surface area contributed by atoms with Gasteiger partial charge in [0.2, 0.25) is 0 Å². The van der Waals surface area contributed by atoms with Crippen molar-refractivity contribution in [2.75, 3.05) is 4.90 Å². The van der Waals surface area contributed by atoms with Crippen LogP contribution in [-0.4, -0.2) is 0 Å². The molecule has 5 aliphatic rings. The molecule has 7 aromatic carbocycles. The maximum Gasteiger partial charge on any atom is 0.0543 e. The van der Waals surface area contributed by atoms with E-state index in [2.05, 4.69) is 183 Å². The van der Waals surface area contributed by atoms with Gasteiger partial charge in [0, 0.05) is 22.4 Å². The van der Waals surface area contributed by atoms with Gasteiger partial charge in [0.15, 0.2) is 0 Å². The summed E-state index contributed by atoms with van der Waals surface area (Å²) >= 11 is 0. The van der Waals surface area contributed by atoms with E-state index >= 15 is 0 Å². The van der Waals surface area contributed by atoms with E-state index in [-0.39, 0.29) is 10.8 Å². The van der Waals surface area contributed by atoms with Crippen LogP contribution in [0.1, 0.15) is 69.6 Å². The predicted molar refractivity (Wildman–Crippen MR) is 231 cm³/mol. The van der Waals surface area contributed by atoms with Crippen LogP contribution in [0.5, 0.6) is 0 Å². The molecule has 1 spiro atoms. The predicted octanol–water partition coefficient (Wildman–Crippen LogP) is 14.7. The van der Waals surface area contributed by atoms with Gasteiger partial charge in [-0.2, -0.15) is 0 Å². The first-order valence-corrected chi connectivity index (χ1v) is 20.7. The third-order valence-electron chi connectivity index (χ3n) is 14.2. The summed E-state index contributed by atoms with van der Waals surface area (Å²) in [5.41, 5.74) is 16.4. The zero-order chi connectivity index (χ0) is 36.9. The maximum absolute atomic E-state index is 2.62. The fraction of sp³-hybridized carbons (Fsp3) is 0.259. The topological polar surface area (TPSA) is 3.24 Å². The molecule has 4 saturated carbocycles. The number of hydrogen-bond acceptors (Lipinski definition) is 1. The van der Waals surface area contributed by atoms with Crippen molar-refractivity contribution in [3.63, 3.8) is 0 Å². The number of nitrogens with zero attached hydrogens (tertiary/aromatic N) is 1. The Balaban J connectivity index is 1.12. The van der Waals surface area contributed by atoms with Crippen molar-refractivity contribution < 1.29 is 0 Å². The summed E-state index contributed by atoms with van der Waals surface area (Å²) in [6, 6.07) is 60.0. The van der Waals surface area contributed by atoms with Crippen molar-refractivity contribution in [3.8, 4) is 33.4 Å². The molecular formula is C54H49N. The lowest BCUT2D eigenvalue weighted by Crippen LogP contribution is -2.55. The summed E-state index contributed by atoms with van der Waals surface area (Å²) in [7, 11) is 0. The number of rotatable bonds is 5. The first-order valence-electron chi connectivity index (χ1n) is 20.7. The zero-order valence-corrected chi connectivity index (χ0v) is 32.3. The number of fused-ring (bicyclic) bond motifs is 4. The number of anilines is 3. The summed E-state index contributed by atoms with van der Waals surface area (Å²) in [5, 5.41) is 2.57. The van der Waals surface area contributed by atoms with E-state index in [1.165, 1.54) is 98.9 Å². The molecule has 4 bridgehead atoms. The molecule has 1 nitrogen and oxygen atoms in total. The summed E-state index contributed by atoms with van der Waals surface area (Å²) < 4.78 is 0. The summed E-state index contributed by atoms with van der Waals surface area (Å²) in [4.78, 5) is 2.56. The summed E-state index contributed by atoms with van der Waals surface area (Å²) in [6.07, 6.45) is 6.96. The van der Waals surface area contributed by atoms with Crippen molar-refractivity contribution in [3.05, 3.63) is 174 Å². The normalized spacial score (nSPS) is 23.3. The molecule has 0 unspecified atom stereocenters. The van der Waals surface area contributed by atoms with Crippen LogP contribution in [0.2, 0.25) is 0 Å². The molecular weight excluding hydrogens is 663 g/mol. The average molecular weight is 712 g/mol. The van der Waals surface area contributed by atoms with Gasteiger partial charge in [-0.3, -0.25) is 0 Å². The standard InChI is InChI=1S/C54H49N/c1-53(2,3)41-22-26-45(27-23-41)55(44-24-19-39(20-25-44)47-16-9-14-38-13-7-8-15-46(38)47)51-18-10-17-49-52(51)48-28-21-40(37-11-5-4-6-12-37)34-50(48)54(49)42-30-35-29-36(32-42)33-43(54)31-35/h4-28,34-36,42-43H,29-33H2,1-3H3. The van der Waals surface area contributed by atoms with Gasteiger partial charge in [-0.25, -0.2) is 0 Å². The van der Waals surface area contributed by atoms with Crippen LogP contribution in [0.25, 0.3) is 44.2 Å². The SMILES string of the molecule is CC(C)(C)c1ccc(N(c2ccc(-c3cccc4ccccc34)cc2)c2cccc3c2-c2ccc(-c4ccccc4)cc2C32C3CC4CC(C3)CC2C4)cc1. The van der Waals surface area contributed by atoms with Crippen molar-refractivity contribution in [1.82, 2.24) is 0 Å². The Morgan fingerprint density at radius 1 is 0.491 bits per heavy atom. The molecule has 12 rings (SSSR count). The van der Waals surface area contributed by atoms with Gasteiger partial charge in [0.1, 0.15) is 0 Å². The van der Waals surface area contributed by atoms with E-state index in [9.17, 15) is 0 Å². The van der Waals surface area contributed by atoms with Crippen molar-refractivity contribution in [2.24, 2.45) is 23.7 Å². The minimum atomic E-state index is 0.0683. The second kappa shape index (κ2) is 12.3. The van der Waals surface area contributed by atoms with Gasteiger partial charge in [-0.15, -0.1) is 0 Å². The molecule has 5 aliphatic carbocycles. The maximum atomic E-state index is 2.62. The third kappa shape index (κ3) is 5.05. The lowest BCUT2D eigenvalue weighted by atomic mass is 9.43. The molecule has 0 N–H and O–H groups in total. The Morgan fingerprint density at radius 2 is 1.11 bits per heavy atom. The fourth-order valence-electron chi connectivity index (χ4n) is 12.0. The Kier molecular flexibility index (Phi) is 7.38. The minimum absolute atomic E-state index is 0.0683. The lowest BCUT2D eigenvalue weighted by Gasteiger charge is -2.61. The number of benzene rings is 7. The fourth-order valence-corrected chi connectivity index (χ4v) is 12.0. The Morgan fingerprint density at radius 3 is 1.82 bits per heavy atom. The van der Waals surface area contributed by atoms with Crippen LogP contribution in [-0.2, 0) is 10.8 Å². The highest BCUT2D eigenvalue weighted by molar-refractivity contribution is 5.98. The van der Waals surface area contributed by atoms with Crippen LogP contribution in [0.15, 0.2) is 158 Å². The molecule has 0 amide bonds. The zero-order valence-electron chi connectivity index (χ0n) is 32.3. The van der Waals surface area contributed by atoms with Crippen LogP contribution < -0.4 is 4.90 Å². The largest absolute Gasteiger partial charge is 0.310 e. The lowest BCUT2D eigenvalue weighted by molar-refractivity contribution is -0.0399. The summed E-state index contributed by atoms with van der Waals surface area (Å²) in [5.74, 6) is 3.20. The Bertz CT molecular complexity index is 2540. The van der Waals surface area contributed by atoms with Crippen LogP contribution in [0.3, 0.4) is 0 Å². The first kappa shape index (κ1) is 33.0. The Labute approximate surface area is 326 Å². The molecule has 0 saturated heterocycles. The monoisotopic (exact) mass is 711 g/mol. The highest BCUT2D eigenvalue weighted by Gasteiger charge is 2.62. The third-order valence-corrected chi connectivity index (χ3v) is 14.2. The highest BCUT2D eigenvalue weighted by atomic mass is 15.1. The van der Waals surface area contributed by atoms with Crippen LogP contribution in [0.4, 0.5) is 17.1 Å². The number of hydrogen-bond donors (Lipinski definition) is 0. The van der Waals surface area contributed by atoms with Crippen molar-refractivity contribution in [2.45, 2.75) is 63.7 Å². The van der Waals surface area contributed by atoms with Crippen LogP contribution in [0, 0.1) is 23.7 Å². The minimum Gasteiger partial charge on any atom is -0.310 e. The molecule has 7 aromatic rings. The van der Waals surface area contributed by atoms with Gasteiger partial charge in [-0.1, -0.05) is 142 Å². The van der Waals surface area contributed by atoms with Crippen molar-refractivity contribution in [1.29, 1.82) is 0 Å². The molecule has 270 valence electrons. The van der Waals surface area contributed by atoms with Crippen molar-refractivity contribution >= 4 is 27.8 Å². The van der Waals surface area contributed by atoms with E-state index in [0.29, 0.717) is 11.8 Å². The van der Waals surface area contributed by atoms with E-state index < -0.39 is 0 Å². The molecule has 0 radical (unpaired) electrons. The molecule has 0 heterocycles. The van der Waals surface area contributed by atoms with E-state index in [1.54, 1.807) is 11.1 Å². The van der Waals surface area contributed by atoms with E-state index in [4.69, 9.17) is 0 Å². The second-order valence-electron chi connectivity index (χ2n) is 18.2. The van der Waals surface area contributed by atoms with Gasteiger partial charge < -0.3 is 4.90 Å². The molecule has 0 aromatic heterocycles.